The van der Waals surface area contributed by atoms with Gasteiger partial charge < -0.3 is 10.2 Å². The first-order valence-electron chi connectivity index (χ1n) is 7.18. The van der Waals surface area contributed by atoms with E-state index in [9.17, 15) is 4.79 Å². The SMILES string of the molecule is Cc1nc(-c2ccsc2)ccc1C(=O)N1CCNC(C)C1.Cl.Cl. The maximum Gasteiger partial charge on any atom is 0.255 e. The lowest BCUT2D eigenvalue weighted by molar-refractivity contribution is 0.0708. The second-order valence-electron chi connectivity index (χ2n) is 5.45. The zero-order chi connectivity index (χ0) is 14.8. The summed E-state index contributed by atoms with van der Waals surface area (Å²) in [5.41, 5.74) is 3.55. The van der Waals surface area contributed by atoms with Crippen LogP contribution in [0.1, 0.15) is 23.0 Å². The largest absolute Gasteiger partial charge is 0.336 e. The van der Waals surface area contributed by atoms with Crippen LogP contribution in [0.2, 0.25) is 0 Å². The van der Waals surface area contributed by atoms with Crippen molar-refractivity contribution in [2.75, 3.05) is 19.6 Å². The summed E-state index contributed by atoms with van der Waals surface area (Å²) in [5, 5.41) is 7.46. The molecule has 23 heavy (non-hydrogen) atoms. The Bertz CT molecular complexity index is 649. The first-order valence-corrected chi connectivity index (χ1v) is 8.12. The highest BCUT2D eigenvalue weighted by atomic mass is 35.5. The minimum Gasteiger partial charge on any atom is -0.336 e. The van der Waals surface area contributed by atoms with Crippen molar-refractivity contribution < 1.29 is 4.79 Å². The summed E-state index contributed by atoms with van der Waals surface area (Å²) < 4.78 is 0. The van der Waals surface area contributed by atoms with Gasteiger partial charge in [-0.2, -0.15) is 11.3 Å². The fraction of sp³-hybridized carbons (Fsp3) is 0.375. The van der Waals surface area contributed by atoms with Crippen LogP contribution >= 0.6 is 36.2 Å². The highest BCUT2D eigenvalue weighted by Gasteiger charge is 2.23. The van der Waals surface area contributed by atoms with Gasteiger partial charge in [0.1, 0.15) is 0 Å². The van der Waals surface area contributed by atoms with E-state index >= 15 is 0 Å². The number of thiophene rings is 1. The first kappa shape index (κ1) is 19.9. The van der Waals surface area contributed by atoms with E-state index in [1.54, 1.807) is 11.3 Å². The fourth-order valence-electron chi connectivity index (χ4n) is 2.65. The maximum atomic E-state index is 12.6. The number of carbonyl (C=O) groups is 1. The van der Waals surface area contributed by atoms with Gasteiger partial charge in [-0.05, 0) is 37.4 Å². The fourth-order valence-corrected chi connectivity index (χ4v) is 3.29. The van der Waals surface area contributed by atoms with Gasteiger partial charge in [-0.1, -0.05) is 0 Å². The number of pyridine rings is 1. The van der Waals surface area contributed by atoms with Crippen molar-refractivity contribution >= 4 is 42.1 Å². The monoisotopic (exact) mass is 373 g/mol. The van der Waals surface area contributed by atoms with Crippen LogP contribution in [0, 0.1) is 6.92 Å². The number of piperazine rings is 1. The molecule has 0 aliphatic carbocycles. The first-order chi connectivity index (χ1) is 10.1. The molecule has 0 aromatic carbocycles. The molecule has 126 valence electrons. The molecule has 2 aromatic rings. The van der Waals surface area contributed by atoms with Crippen molar-refractivity contribution in [1.29, 1.82) is 0 Å². The van der Waals surface area contributed by atoms with Crippen LogP contribution in [0.25, 0.3) is 11.3 Å². The van der Waals surface area contributed by atoms with E-state index in [2.05, 4.69) is 22.6 Å². The van der Waals surface area contributed by atoms with Gasteiger partial charge in [-0.25, -0.2) is 0 Å². The molecule has 1 N–H and O–H groups in total. The molecular formula is C16H21Cl2N3OS. The van der Waals surface area contributed by atoms with Crippen LogP contribution in [0.4, 0.5) is 0 Å². The molecule has 4 nitrogen and oxygen atoms in total. The Hall–Kier alpha value is -1.14. The Balaban J connectivity index is 0.00000132. The quantitative estimate of drug-likeness (QED) is 0.877. The number of hydrogen-bond acceptors (Lipinski definition) is 4. The summed E-state index contributed by atoms with van der Waals surface area (Å²) in [4.78, 5) is 19.1. The number of hydrogen-bond donors (Lipinski definition) is 1. The Labute approximate surface area is 153 Å². The van der Waals surface area contributed by atoms with E-state index in [1.807, 2.05) is 35.4 Å². The summed E-state index contributed by atoms with van der Waals surface area (Å²) in [5.74, 6) is 0.0882. The van der Waals surface area contributed by atoms with Gasteiger partial charge in [0.25, 0.3) is 5.91 Å². The van der Waals surface area contributed by atoms with E-state index < -0.39 is 0 Å². The maximum absolute atomic E-state index is 12.6. The molecule has 3 rings (SSSR count). The summed E-state index contributed by atoms with van der Waals surface area (Å²) in [6.45, 7) is 6.38. The average molecular weight is 374 g/mol. The number of nitrogens with zero attached hydrogens (tertiary/aromatic N) is 2. The van der Waals surface area contributed by atoms with Gasteiger partial charge in [0.2, 0.25) is 0 Å². The third kappa shape index (κ3) is 4.44. The molecule has 1 saturated heterocycles. The van der Waals surface area contributed by atoms with E-state index in [-0.39, 0.29) is 30.7 Å². The number of aryl methyl sites for hydroxylation is 1. The van der Waals surface area contributed by atoms with Crippen LogP contribution < -0.4 is 5.32 Å². The van der Waals surface area contributed by atoms with Gasteiger partial charge in [0, 0.05) is 36.6 Å². The van der Waals surface area contributed by atoms with E-state index in [0.29, 0.717) is 11.6 Å². The number of aromatic nitrogens is 1. The van der Waals surface area contributed by atoms with E-state index in [4.69, 9.17) is 0 Å². The van der Waals surface area contributed by atoms with Crippen molar-refractivity contribution in [3.05, 3.63) is 40.2 Å². The number of amides is 1. The van der Waals surface area contributed by atoms with E-state index in [1.165, 1.54) is 0 Å². The molecule has 1 aliphatic rings. The predicted molar refractivity (Wildman–Crippen MR) is 100 cm³/mol. The molecule has 7 heteroatoms. The molecular weight excluding hydrogens is 353 g/mol. The topological polar surface area (TPSA) is 45.2 Å². The summed E-state index contributed by atoms with van der Waals surface area (Å²) in [6.07, 6.45) is 0. The Kier molecular flexibility index (Phi) is 7.48. The third-order valence-electron chi connectivity index (χ3n) is 3.79. The molecule has 2 aromatic heterocycles. The van der Waals surface area contributed by atoms with E-state index in [0.717, 1.165) is 36.6 Å². The van der Waals surface area contributed by atoms with Crippen LogP contribution in [0.5, 0.6) is 0 Å². The number of rotatable bonds is 2. The van der Waals surface area contributed by atoms with Crippen molar-refractivity contribution in [1.82, 2.24) is 15.2 Å². The molecule has 1 fully saturated rings. The molecule has 1 atom stereocenters. The predicted octanol–water partition coefficient (Wildman–Crippen LogP) is 3.40. The molecule has 0 bridgehead atoms. The number of carbonyl (C=O) groups excluding carboxylic acids is 1. The van der Waals surface area contributed by atoms with Gasteiger partial charge in [0.05, 0.1) is 17.0 Å². The molecule has 1 aliphatic heterocycles. The van der Waals surface area contributed by atoms with Crippen LogP contribution in [-0.4, -0.2) is 41.5 Å². The lowest BCUT2D eigenvalue weighted by atomic mass is 10.1. The lowest BCUT2D eigenvalue weighted by Crippen LogP contribution is -2.51. The second kappa shape index (κ2) is 8.64. The van der Waals surface area contributed by atoms with Crippen LogP contribution in [-0.2, 0) is 0 Å². The molecule has 0 radical (unpaired) electrons. The second-order valence-corrected chi connectivity index (χ2v) is 6.23. The summed E-state index contributed by atoms with van der Waals surface area (Å²) in [7, 11) is 0. The van der Waals surface area contributed by atoms with Crippen molar-refractivity contribution in [3.8, 4) is 11.3 Å². The highest BCUT2D eigenvalue weighted by molar-refractivity contribution is 7.08. The number of halogens is 2. The Morgan fingerprint density at radius 3 is 2.74 bits per heavy atom. The zero-order valence-corrected chi connectivity index (χ0v) is 15.6. The van der Waals surface area contributed by atoms with Gasteiger partial charge >= 0.3 is 0 Å². The van der Waals surface area contributed by atoms with Crippen molar-refractivity contribution in [3.63, 3.8) is 0 Å². The average Bonchev–Trinajstić information content (AvgIpc) is 3.00. The summed E-state index contributed by atoms with van der Waals surface area (Å²) in [6, 6.07) is 6.24. The van der Waals surface area contributed by atoms with Gasteiger partial charge in [0.15, 0.2) is 0 Å². The minimum absolute atomic E-state index is 0. The summed E-state index contributed by atoms with van der Waals surface area (Å²) >= 11 is 1.65. The normalized spacial score (nSPS) is 17.1. The standard InChI is InChI=1S/C16H19N3OS.2ClH/c1-11-9-19(7-6-17-11)16(20)14-3-4-15(18-12(14)2)13-5-8-21-10-13;;/h3-5,8,10-11,17H,6-7,9H2,1-2H3;2*1H. The minimum atomic E-state index is 0. The highest BCUT2D eigenvalue weighted by Crippen LogP contribution is 2.22. The molecule has 1 unspecified atom stereocenters. The van der Waals surface area contributed by atoms with Crippen molar-refractivity contribution in [2.45, 2.75) is 19.9 Å². The molecule has 3 heterocycles. The van der Waals surface area contributed by atoms with Gasteiger partial charge in [-0.3, -0.25) is 9.78 Å². The molecule has 0 spiro atoms. The van der Waals surface area contributed by atoms with Crippen molar-refractivity contribution in [2.24, 2.45) is 0 Å². The number of nitrogens with one attached hydrogen (secondary N) is 1. The Morgan fingerprint density at radius 1 is 1.35 bits per heavy atom. The molecule has 0 saturated carbocycles. The van der Waals surface area contributed by atoms with Gasteiger partial charge in [-0.15, -0.1) is 24.8 Å². The molecule has 1 amide bonds. The Morgan fingerprint density at radius 2 is 2.13 bits per heavy atom. The zero-order valence-electron chi connectivity index (χ0n) is 13.1. The lowest BCUT2D eigenvalue weighted by Gasteiger charge is -2.32. The van der Waals surface area contributed by atoms with Crippen LogP contribution in [0.3, 0.4) is 0 Å². The van der Waals surface area contributed by atoms with Crippen LogP contribution in [0.15, 0.2) is 29.0 Å². The smallest absolute Gasteiger partial charge is 0.255 e. The third-order valence-corrected chi connectivity index (χ3v) is 4.47.